The van der Waals surface area contributed by atoms with Gasteiger partial charge in [-0.2, -0.15) is 0 Å². The van der Waals surface area contributed by atoms with Crippen LogP contribution in [-0.4, -0.2) is 45.6 Å². The van der Waals surface area contributed by atoms with Crippen molar-refractivity contribution in [3.63, 3.8) is 0 Å². The summed E-state index contributed by atoms with van der Waals surface area (Å²) in [5.74, 6) is 0.790. The summed E-state index contributed by atoms with van der Waals surface area (Å²) in [7, 11) is 0. The first-order valence-corrected chi connectivity index (χ1v) is 13.5. The van der Waals surface area contributed by atoms with Gasteiger partial charge >= 0.3 is 6.09 Å². The Morgan fingerprint density at radius 3 is 2.62 bits per heavy atom. The zero-order valence-corrected chi connectivity index (χ0v) is 21.3. The molecule has 1 saturated carbocycles. The fourth-order valence-corrected chi connectivity index (χ4v) is 4.88. The van der Waals surface area contributed by atoms with Crippen molar-refractivity contribution in [1.82, 2.24) is 25.4 Å². The highest BCUT2D eigenvalue weighted by molar-refractivity contribution is 7.98. The quantitative estimate of drug-likeness (QED) is 0.338. The Labute approximate surface area is 206 Å². The first kappa shape index (κ1) is 26.1. The van der Waals surface area contributed by atoms with E-state index in [4.69, 9.17) is 4.74 Å². The number of aryl methyl sites for hydroxylation is 1. The second-order valence-corrected chi connectivity index (χ2v) is 9.65. The predicted octanol–water partition coefficient (Wildman–Crippen LogP) is 4.51. The van der Waals surface area contributed by atoms with Gasteiger partial charge in [0.05, 0.1) is 0 Å². The third-order valence-electron chi connectivity index (χ3n) is 6.47. The van der Waals surface area contributed by atoms with Crippen LogP contribution in [0.5, 0.6) is 0 Å². The van der Waals surface area contributed by atoms with E-state index >= 15 is 0 Å². The molecule has 0 aliphatic heterocycles. The van der Waals surface area contributed by atoms with Crippen LogP contribution in [0.3, 0.4) is 0 Å². The fraction of sp³-hybridized carbons (Fsp3) is 0.600. The molecule has 1 aliphatic carbocycles. The molecule has 2 amide bonds. The largest absolute Gasteiger partial charge is 0.445 e. The molecule has 9 heteroatoms. The Hall–Kier alpha value is -2.55. The Bertz CT molecular complexity index is 915. The highest BCUT2D eigenvalue weighted by Gasteiger charge is 2.27. The smallest absolute Gasteiger partial charge is 0.408 e. The fourth-order valence-electron chi connectivity index (χ4n) is 4.31. The molecule has 1 fully saturated rings. The molecule has 0 spiro atoms. The maximum Gasteiger partial charge on any atom is 0.408 e. The molecule has 1 heterocycles. The lowest BCUT2D eigenvalue weighted by Gasteiger charge is -2.23. The minimum atomic E-state index is -0.640. The lowest BCUT2D eigenvalue weighted by atomic mass is 9.98. The van der Waals surface area contributed by atoms with Crippen LogP contribution < -0.4 is 10.6 Å². The van der Waals surface area contributed by atoms with Gasteiger partial charge in [-0.3, -0.25) is 4.79 Å². The van der Waals surface area contributed by atoms with Crippen LogP contribution >= 0.6 is 11.8 Å². The molecule has 8 nitrogen and oxygen atoms in total. The molecule has 186 valence electrons. The van der Waals surface area contributed by atoms with E-state index in [9.17, 15) is 9.59 Å². The Balaban J connectivity index is 1.48. The molecule has 0 unspecified atom stereocenters. The molecule has 1 aromatic heterocycles. The molecule has 34 heavy (non-hydrogen) atoms. The third kappa shape index (κ3) is 7.22. The van der Waals surface area contributed by atoms with Crippen molar-refractivity contribution >= 4 is 23.8 Å². The second kappa shape index (κ2) is 13.4. The van der Waals surface area contributed by atoms with Crippen molar-refractivity contribution in [3.8, 4) is 0 Å². The van der Waals surface area contributed by atoms with Crippen LogP contribution in [-0.2, 0) is 22.6 Å². The number of thioether (sulfide) groups is 1. The molecule has 2 aromatic rings. The highest BCUT2D eigenvalue weighted by Crippen LogP contribution is 2.33. The van der Waals surface area contributed by atoms with E-state index in [2.05, 4.69) is 25.4 Å². The summed E-state index contributed by atoms with van der Waals surface area (Å²) in [6.45, 7) is 4.64. The molecular weight excluding hydrogens is 450 g/mol. The van der Waals surface area contributed by atoms with E-state index in [1.54, 1.807) is 11.8 Å². The molecule has 0 saturated heterocycles. The summed E-state index contributed by atoms with van der Waals surface area (Å²) in [6, 6.07) is 9.33. The minimum absolute atomic E-state index is 0.0149. The summed E-state index contributed by atoms with van der Waals surface area (Å²) >= 11 is 1.63. The van der Waals surface area contributed by atoms with Crippen molar-refractivity contribution in [1.29, 1.82) is 0 Å². The summed E-state index contributed by atoms with van der Waals surface area (Å²) < 4.78 is 7.61. The lowest BCUT2D eigenvalue weighted by molar-refractivity contribution is -0.124. The van der Waals surface area contributed by atoms with Gasteiger partial charge in [-0.15, -0.1) is 10.2 Å². The van der Waals surface area contributed by atoms with Crippen molar-refractivity contribution in [2.45, 2.75) is 82.6 Å². The van der Waals surface area contributed by atoms with Gasteiger partial charge in [0.25, 0.3) is 0 Å². The third-order valence-corrected chi connectivity index (χ3v) is 7.11. The molecule has 3 rings (SSSR count). The second-order valence-electron chi connectivity index (χ2n) is 8.88. The maximum absolute atomic E-state index is 12.9. The average Bonchev–Trinajstić information content (AvgIpc) is 3.53. The van der Waals surface area contributed by atoms with Crippen LogP contribution in [0.25, 0.3) is 0 Å². The Morgan fingerprint density at radius 1 is 1.21 bits per heavy atom. The first-order chi connectivity index (χ1) is 16.5. The van der Waals surface area contributed by atoms with Gasteiger partial charge in [-0.1, -0.05) is 75.2 Å². The number of benzene rings is 1. The van der Waals surface area contributed by atoms with Crippen molar-refractivity contribution in [2.24, 2.45) is 5.92 Å². The summed E-state index contributed by atoms with van der Waals surface area (Å²) in [5, 5.41) is 15.5. The highest BCUT2D eigenvalue weighted by atomic mass is 32.2. The lowest BCUT2D eigenvalue weighted by Crippen LogP contribution is -2.50. The van der Waals surface area contributed by atoms with Gasteiger partial charge in [-0.05, 0) is 37.0 Å². The topological polar surface area (TPSA) is 98.1 Å². The van der Waals surface area contributed by atoms with Crippen molar-refractivity contribution in [2.75, 3.05) is 12.8 Å². The summed E-state index contributed by atoms with van der Waals surface area (Å²) in [4.78, 5) is 25.2. The SMILES string of the molecule is CC[C@H](C)[C@H](NC(=O)OCc1ccccc1)C(=O)NCCCc1nnc(SC)n1C1CCCC1. The number of nitrogens with zero attached hydrogens (tertiary/aromatic N) is 3. The van der Waals surface area contributed by atoms with Gasteiger partial charge in [0.1, 0.15) is 18.5 Å². The predicted molar refractivity (Wildman–Crippen MR) is 134 cm³/mol. The number of amides is 2. The minimum Gasteiger partial charge on any atom is -0.445 e. The van der Waals surface area contributed by atoms with E-state index in [-0.39, 0.29) is 18.4 Å². The number of nitrogens with one attached hydrogen (secondary N) is 2. The van der Waals surface area contributed by atoms with E-state index in [1.807, 2.05) is 50.4 Å². The maximum atomic E-state index is 12.9. The number of carbonyl (C=O) groups excluding carboxylic acids is 2. The number of alkyl carbamates (subject to hydrolysis) is 1. The molecule has 2 atom stereocenters. The van der Waals surface area contributed by atoms with Gasteiger partial charge in [0.2, 0.25) is 5.91 Å². The number of carbonyl (C=O) groups is 2. The molecule has 0 bridgehead atoms. The average molecular weight is 488 g/mol. The molecule has 0 radical (unpaired) electrons. The van der Waals surface area contributed by atoms with E-state index in [1.165, 1.54) is 25.7 Å². The number of hydrogen-bond acceptors (Lipinski definition) is 6. The molecule has 2 N–H and O–H groups in total. The molecular formula is C25H37N5O3S. The zero-order valence-electron chi connectivity index (χ0n) is 20.5. The van der Waals surface area contributed by atoms with Crippen LogP contribution in [0.1, 0.15) is 69.8 Å². The Kier molecular flexibility index (Phi) is 10.2. The monoisotopic (exact) mass is 487 g/mol. The number of aromatic nitrogens is 3. The standard InChI is InChI=1S/C25H37N5O3S/c1-4-18(2)22(27-25(32)33-17-19-11-6-5-7-12-19)23(31)26-16-10-15-21-28-29-24(34-3)30(21)20-13-8-9-14-20/h5-7,11-12,18,20,22H,4,8-10,13-17H2,1-3H3,(H,26,31)(H,27,32)/t18-,22-/m0/s1. The Morgan fingerprint density at radius 2 is 1.94 bits per heavy atom. The number of hydrogen-bond donors (Lipinski definition) is 2. The van der Waals surface area contributed by atoms with Crippen LogP contribution in [0.2, 0.25) is 0 Å². The first-order valence-electron chi connectivity index (χ1n) is 12.3. The van der Waals surface area contributed by atoms with Gasteiger partial charge in [-0.25, -0.2) is 4.79 Å². The normalized spacial score (nSPS) is 15.6. The summed E-state index contributed by atoms with van der Waals surface area (Å²) in [5.41, 5.74) is 0.900. The van der Waals surface area contributed by atoms with Gasteiger partial charge in [0, 0.05) is 19.0 Å². The zero-order chi connectivity index (χ0) is 24.3. The molecule has 1 aromatic carbocycles. The molecule has 1 aliphatic rings. The van der Waals surface area contributed by atoms with Crippen molar-refractivity contribution < 1.29 is 14.3 Å². The van der Waals surface area contributed by atoms with Gasteiger partial charge in [0.15, 0.2) is 5.16 Å². The van der Waals surface area contributed by atoms with Crippen LogP contribution in [0.15, 0.2) is 35.5 Å². The van der Waals surface area contributed by atoms with E-state index in [0.717, 1.165) is 35.8 Å². The van der Waals surface area contributed by atoms with E-state index < -0.39 is 12.1 Å². The van der Waals surface area contributed by atoms with E-state index in [0.29, 0.717) is 12.6 Å². The van der Waals surface area contributed by atoms with Gasteiger partial charge < -0.3 is 19.9 Å². The van der Waals surface area contributed by atoms with Crippen molar-refractivity contribution in [3.05, 3.63) is 41.7 Å². The van der Waals surface area contributed by atoms with Crippen LogP contribution in [0, 0.1) is 5.92 Å². The number of ether oxygens (including phenoxy) is 1. The van der Waals surface area contributed by atoms with Crippen LogP contribution in [0.4, 0.5) is 4.79 Å². The number of rotatable bonds is 12. The summed E-state index contributed by atoms with van der Waals surface area (Å²) in [6.07, 6.45) is 8.59.